The molecule has 2 aliphatic heterocycles. The Kier molecular flexibility index (Phi) is 4.74. The maximum absolute atomic E-state index is 5.68. The zero-order valence-corrected chi connectivity index (χ0v) is 14.6. The summed E-state index contributed by atoms with van der Waals surface area (Å²) in [5, 5.41) is 4.30. The molecule has 1 aromatic carbocycles. The van der Waals surface area contributed by atoms with E-state index < -0.39 is 0 Å². The lowest BCUT2D eigenvalue weighted by atomic mass is 9.93. The third kappa shape index (κ3) is 3.87. The Balaban J connectivity index is 1.27. The number of aryl methyl sites for hydroxylation is 1. The summed E-state index contributed by atoms with van der Waals surface area (Å²) in [6, 6.07) is 12.4. The highest BCUT2D eigenvalue weighted by molar-refractivity contribution is 6.01. The SMILES string of the molecule is Cc1nccc(C2CCN(C[C@@H]3CC(c4ccccc4)=NO3)CC2)n1. The predicted molar refractivity (Wildman–Crippen MR) is 97.7 cm³/mol. The molecule has 1 atom stereocenters. The van der Waals surface area contributed by atoms with Gasteiger partial charge >= 0.3 is 0 Å². The van der Waals surface area contributed by atoms with E-state index in [-0.39, 0.29) is 6.10 Å². The summed E-state index contributed by atoms with van der Waals surface area (Å²) >= 11 is 0. The largest absolute Gasteiger partial charge is 0.390 e. The summed E-state index contributed by atoms with van der Waals surface area (Å²) in [4.78, 5) is 17.0. The van der Waals surface area contributed by atoms with E-state index >= 15 is 0 Å². The van der Waals surface area contributed by atoms with E-state index in [4.69, 9.17) is 4.84 Å². The number of hydrogen-bond acceptors (Lipinski definition) is 5. The van der Waals surface area contributed by atoms with Crippen molar-refractivity contribution in [3.8, 4) is 0 Å². The lowest BCUT2D eigenvalue weighted by Crippen LogP contribution is -2.38. The van der Waals surface area contributed by atoms with Gasteiger partial charge in [-0.2, -0.15) is 0 Å². The Bertz CT molecular complexity index is 738. The van der Waals surface area contributed by atoms with Crippen molar-refractivity contribution in [2.45, 2.75) is 38.2 Å². The summed E-state index contributed by atoms with van der Waals surface area (Å²) in [5.41, 5.74) is 3.43. The zero-order chi connectivity index (χ0) is 17.1. The molecular weight excluding hydrogens is 312 g/mol. The molecule has 25 heavy (non-hydrogen) atoms. The van der Waals surface area contributed by atoms with E-state index in [9.17, 15) is 0 Å². The number of aromatic nitrogens is 2. The Morgan fingerprint density at radius 2 is 1.92 bits per heavy atom. The second kappa shape index (κ2) is 7.31. The lowest BCUT2D eigenvalue weighted by Gasteiger charge is -2.32. The molecule has 0 amide bonds. The standard InChI is InChI=1S/C20H24N4O/c1-15-21-10-7-19(22-15)17-8-11-24(12-9-17)14-18-13-20(23-25-18)16-5-3-2-4-6-16/h2-7,10,17-18H,8-9,11-14H2,1H3/t18-/m0/s1. The maximum Gasteiger partial charge on any atom is 0.145 e. The van der Waals surface area contributed by atoms with Gasteiger partial charge in [-0.25, -0.2) is 9.97 Å². The highest BCUT2D eigenvalue weighted by Gasteiger charge is 2.27. The molecule has 1 aromatic heterocycles. The fraction of sp³-hybridized carbons (Fsp3) is 0.450. The first-order valence-corrected chi connectivity index (χ1v) is 9.08. The molecule has 4 rings (SSSR count). The van der Waals surface area contributed by atoms with E-state index in [2.05, 4.69) is 38.2 Å². The van der Waals surface area contributed by atoms with Crippen LogP contribution >= 0.6 is 0 Å². The molecule has 2 aromatic rings. The molecular formula is C20H24N4O. The van der Waals surface area contributed by atoms with Crippen molar-refractivity contribution >= 4 is 5.71 Å². The maximum atomic E-state index is 5.68. The van der Waals surface area contributed by atoms with Gasteiger partial charge in [0, 0.05) is 30.8 Å². The van der Waals surface area contributed by atoms with E-state index in [1.165, 1.54) is 11.3 Å². The molecule has 0 aliphatic carbocycles. The number of nitrogens with zero attached hydrogens (tertiary/aromatic N) is 4. The fourth-order valence-electron chi connectivity index (χ4n) is 3.73. The molecule has 5 heteroatoms. The summed E-state index contributed by atoms with van der Waals surface area (Å²) in [5.74, 6) is 1.42. The first-order chi connectivity index (χ1) is 12.3. The summed E-state index contributed by atoms with van der Waals surface area (Å²) in [6.45, 7) is 5.10. The van der Waals surface area contributed by atoms with Crippen LogP contribution in [0, 0.1) is 6.92 Å². The molecule has 0 bridgehead atoms. The van der Waals surface area contributed by atoms with Crippen molar-refractivity contribution in [3.63, 3.8) is 0 Å². The molecule has 1 fully saturated rings. The van der Waals surface area contributed by atoms with E-state index in [1.54, 1.807) is 0 Å². The van der Waals surface area contributed by atoms with Crippen molar-refractivity contribution in [1.29, 1.82) is 0 Å². The Labute approximate surface area is 148 Å². The lowest BCUT2D eigenvalue weighted by molar-refractivity contribution is 0.0453. The molecule has 0 N–H and O–H groups in total. The molecule has 0 unspecified atom stereocenters. The van der Waals surface area contributed by atoms with Gasteiger partial charge in [0.25, 0.3) is 0 Å². The minimum atomic E-state index is 0.174. The van der Waals surface area contributed by atoms with Crippen LogP contribution in [-0.4, -0.2) is 46.3 Å². The third-order valence-electron chi connectivity index (χ3n) is 5.11. The molecule has 0 saturated carbocycles. The summed E-state index contributed by atoms with van der Waals surface area (Å²) in [6.07, 6.45) is 5.24. The van der Waals surface area contributed by atoms with E-state index in [0.717, 1.165) is 50.4 Å². The topological polar surface area (TPSA) is 50.6 Å². The second-order valence-electron chi connectivity index (χ2n) is 6.94. The molecule has 0 spiro atoms. The van der Waals surface area contributed by atoms with E-state index in [0.29, 0.717) is 5.92 Å². The first kappa shape index (κ1) is 16.2. The van der Waals surface area contributed by atoms with Crippen LogP contribution in [0.15, 0.2) is 47.8 Å². The Hall–Kier alpha value is -2.27. The minimum Gasteiger partial charge on any atom is -0.390 e. The van der Waals surface area contributed by atoms with Crippen molar-refractivity contribution in [2.24, 2.45) is 5.16 Å². The van der Waals surface area contributed by atoms with Crippen LogP contribution in [-0.2, 0) is 4.84 Å². The van der Waals surface area contributed by atoms with Gasteiger partial charge in [-0.15, -0.1) is 0 Å². The van der Waals surface area contributed by atoms with Crippen LogP contribution in [0.4, 0.5) is 0 Å². The van der Waals surface area contributed by atoms with Gasteiger partial charge in [0.05, 0.1) is 5.71 Å². The summed E-state index contributed by atoms with van der Waals surface area (Å²) in [7, 11) is 0. The smallest absolute Gasteiger partial charge is 0.145 e. The number of hydrogen-bond donors (Lipinski definition) is 0. The van der Waals surface area contributed by atoms with Gasteiger partial charge in [-0.1, -0.05) is 35.5 Å². The second-order valence-corrected chi connectivity index (χ2v) is 6.94. The Morgan fingerprint density at radius 1 is 1.12 bits per heavy atom. The van der Waals surface area contributed by atoms with Gasteiger partial charge in [0.2, 0.25) is 0 Å². The van der Waals surface area contributed by atoms with Gasteiger partial charge < -0.3 is 4.84 Å². The van der Waals surface area contributed by atoms with Crippen LogP contribution in [0.3, 0.4) is 0 Å². The van der Waals surface area contributed by atoms with Crippen LogP contribution in [0.1, 0.15) is 42.3 Å². The van der Waals surface area contributed by atoms with Crippen molar-refractivity contribution in [2.75, 3.05) is 19.6 Å². The highest BCUT2D eigenvalue weighted by atomic mass is 16.6. The van der Waals surface area contributed by atoms with E-state index in [1.807, 2.05) is 31.3 Å². The summed E-state index contributed by atoms with van der Waals surface area (Å²) < 4.78 is 0. The van der Waals surface area contributed by atoms with Gasteiger partial charge in [-0.05, 0) is 44.5 Å². The average Bonchev–Trinajstić information content (AvgIpc) is 3.12. The van der Waals surface area contributed by atoms with Gasteiger partial charge in [-0.3, -0.25) is 4.90 Å². The molecule has 2 aliphatic rings. The average molecular weight is 336 g/mol. The van der Waals surface area contributed by atoms with Crippen molar-refractivity contribution < 1.29 is 4.84 Å². The monoisotopic (exact) mass is 336 g/mol. The van der Waals surface area contributed by atoms with Crippen molar-refractivity contribution in [3.05, 3.63) is 59.7 Å². The Morgan fingerprint density at radius 3 is 2.68 bits per heavy atom. The molecule has 5 nitrogen and oxygen atoms in total. The minimum absolute atomic E-state index is 0.174. The normalized spacial score (nSPS) is 21.8. The number of oxime groups is 1. The van der Waals surface area contributed by atoms with Crippen molar-refractivity contribution in [1.82, 2.24) is 14.9 Å². The van der Waals surface area contributed by atoms with Crippen LogP contribution in [0.2, 0.25) is 0 Å². The third-order valence-corrected chi connectivity index (χ3v) is 5.11. The molecule has 3 heterocycles. The van der Waals surface area contributed by atoms with Crippen LogP contribution in [0.5, 0.6) is 0 Å². The fourth-order valence-corrected chi connectivity index (χ4v) is 3.73. The molecule has 0 radical (unpaired) electrons. The zero-order valence-electron chi connectivity index (χ0n) is 14.6. The number of benzene rings is 1. The molecule has 1 saturated heterocycles. The number of piperidine rings is 1. The van der Waals surface area contributed by atoms with Gasteiger partial charge in [0.15, 0.2) is 0 Å². The quantitative estimate of drug-likeness (QED) is 0.860. The van der Waals surface area contributed by atoms with Gasteiger partial charge in [0.1, 0.15) is 11.9 Å². The highest BCUT2D eigenvalue weighted by Crippen LogP contribution is 2.27. The van der Waals surface area contributed by atoms with Crippen LogP contribution in [0.25, 0.3) is 0 Å². The number of likely N-dealkylation sites (tertiary alicyclic amines) is 1. The number of rotatable bonds is 4. The predicted octanol–water partition coefficient (Wildman–Crippen LogP) is 3.16. The first-order valence-electron chi connectivity index (χ1n) is 9.08. The molecule has 130 valence electrons. The van der Waals surface area contributed by atoms with Crippen LogP contribution < -0.4 is 0 Å².